The minimum absolute atomic E-state index is 0. The molecule has 1 fully saturated rings. The first kappa shape index (κ1) is 18.6. The third-order valence-electron chi connectivity index (χ3n) is 3.99. The van der Waals surface area contributed by atoms with E-state index in [1.807, 2.05) is 23.1 Å². The number of hydrogen-bond donors (Lipinski definition) is 1. The molecule has 1 amide bonds. The molecule has 2 unspecified atom stereocenters. The molecule has 1 heterocycles. The second-order valence-corrected chi connectivity index (χ2v) is 5.55. The fourth-order valence-corrected chi connectivity index (χ4v) is 2.76. The van der Waals surface area contributed by atoms with Crippen molar-refractivity contribution in [3.8, 4) is 11.5 Å². The van der Waals surface area contributed by atoms with Crippen molar-refractivity contribution in [1.82, 2.24) is 4.90 Å². The minimum Gasteiger partial charge on any atom is -0.493 e. The monoisotopic (exact) mass is 328 g/mol. The fraction of sp³-hybridized carbons (Fsp3) is 0.562. The normalized spacial score (nSPS) is 21.0. The summed E-state index contributed by atoms with van der Waals surface area (Å²) < 4.78 is 10.8. The van der Waals surface area contributed by atoms with Gasteiger partial charge in [-0.2, -0.15) is 0 Å². The molecule has 1 aromatic carbocycles. The molecule has 1 saturated heterocycles. The number of benzene rings is 1. The third-order valence-corrected chi connectivity index (χ3v) is 3.99. The maximum Gasteiger partial charge on any atom is 0.260 e. The van der Waals surface area contributed by atoms with Crippen LogP contribution in [0.3, 0.4) is 0 Å². The highest BCUT2D eigenvalue weighted by Crippen LogP contribution is 2.26. The van der Waals surface area contributed by atoms with Crippen molar-refractivity contribution in [2.75, 3.05) is 26.8 Å². The summed E-state index contributed by atoms with van der Waals surface area (Å²) in [7, 11) is 1.58. The molecule has 2 N–H and O–H groups in total. The van der Waals surface area contributed by atoms with Crippen molar-refractivity contribution < 1.29 is 14.3 Å². The Kier molecular flexibility index (Phi) is 7.48. The van der Waals surface area contributed by atoms with Gasteiger partial charge < -0.3 is 20.1 Å². The van der Waals surface area contributed by atoms with Crippen LogP contribution < -0.4 is 15.2 Å². The zero-order chi connectivity index (χ0) is 15.2. The van der Waals surface area contributed by atoms with Crippen molar-refractivity contribution in [3.05, 3.63) is 24.3 Å². The van der Waals surface area contributed by atoms with Gasteiger partial charge in [-0.05, 0) is 30.9 Å². The van der Waals surface area contributed by atoms with E-state index in [0.717, 1.165) is 19.4 Å². The molecule has 0 bridgehead atoms. The molecule has 0 radical (unpaired) electrons. The Morgan fingerprint density at radius 2 is 2.05 bits per heavy atom. The van der Waals surface area contributed by atoms with E-state index in [9.17, 15) is 4.79 Å². The molecule has 6 heteroatoms. The number of likely N-dealkylation sites (tertiary alicyclic amines) is 1. The number of carbonyl (C=O) groups is 1. The first-order chi connectivity index (χ1) is 10.2. The van der Waals surface area contributed by atoms with E-state index in [-0.39, 0.29) is 31.0 Å². The Bertz CT molecular complexity index is 484. The lowest BCUT2D eigenvalue weighted by atomic mass is 9.92. The zero-order valence-corrected chi connectivity index (χ0v) is 14.0. The molecule has 124 valence electrons. The molecule has 0 aliphatic carbocycles. The van der Waals surface area contributed by atoms with Crippen molar-refractivity contribution in [1.29, 1.82) is 0 Å². The molecule has 1 aliphatic rings. The summed E-state index contributed by atoms with van der Waals surface area (Å²) in [5.41, 5.74) is 5.79. The number of ether oxygens (including phenoxy) is 2. The first-order valence-electron chi connectivity index (χ1n) is 7.41. The van der Waals surface area contributed by atoms with Crippen molar-refractivity contribution in [2.45, 2.75) is 25.8 Å². The number of para-hydroxylation sites is 2. The van der Waals surface area contributed by atoms with E-state index < -0.39 is 0 Å². The predicted molar refractivity (Wildman–Crippen MR) is 88.7 cm³/mol. The molecule has 2 atom stereocenters. The number of amides is 1. The van der Waals surface area contributed by atoms with Gasteiger partial charge in [-0.3, -0.25) is 4.79 Å². The number of hydrogen-bond acceptors (Lipinski definition) is 4. The van der Waals surface area contributed by atoms with Crippen LogP contribution in [0, 0.1) is 5.92 Å². The number of carbonyl (C=O) groups excluding carboxylic acids is 1. The average molecular weight is 329 g/mol. The summed E-state index contributed by atoms with van der Waals surface area (Å²) in [5, 5.41) is 0. The van der Waals surface area contributed by atoms with Gasteiger partial charge in [-0.1, -0.05) is 19.1 Å². The molecular weight excluding hydrogens is 304 g/mol. The van der Waals surface area contributed by atoms with Gasteiger partial charge in [0, 0.05) is 19.1 Å². The Hall–Kier alpha value is -1.46. The SMILES string of the molecule is COc1ccccc1OCC(=O)N1CCC(C)CC1CN.Cl. The highest BCUT2D eigenvalue weighted by atomic mass is 35.5. The molecule has 0 saturated carbocycles. The van der Waals surface area contributed by atoms with Crippen LogP contribution in [0.25, 0.3) is 0 Å². The second-order valence-electron chi connectivity index (χ2n) is 5.55. The van der Waals surface area contributed by atoms with Crippen LogP contribution in [0.4, 0.5) is 0 Å². The average Bonchev–Trinajstić information content (AvgIpc) is 2.52. The highest BCUT2D eigenvalue weighted by molar-refractivity contribution is 5.85. The number of methoxy groups -OCH3 is 1. The van der Waals surface area contributed by atoms with Crippen LogP contribution in [-0.2, 0) is 4.79 Å². The van der Waals surface area contributed by atoms with Crippen molar-refractivity contribution in [2.24, 2.45) is 11.7 Å². The number of piperidine rings is 1. The maximum atomic E-state index is 12.4. The van der Waals surface area contributed by atoms with Crippen LogP contribution in [0.2, 0.25) is 0 Å². The van der Waals surface area contributed by atoms with E-state index in [4.69, 9.17) is 15.2 Å². The lowest BCUT2D eigenvalue weighted by Gasteiger charge is -2.37. The number of halogens is 1. The van der Waals surface area contributed by atoms with Gasteiger partial charge in [0.1, 0.15) is 0 Å². The third kappa shape index (κ3) is 4.52. The Morgan fingerprint density at radius 1 is 1.36 bits per heavy atom. The van der Waals surface area contributed by atoms with E-state index in [1.165, 1.54) is 0 Å². The second kappa shape index (κ2) is 8.86. The van der Waals surface area contributed by atoms with E-state index in [0.29, 0.717) is 24.0 Å². The molecule has 1 aromatic rings. The van der Waals surface area contributed by atoms with Gasteiger partial charge in [-0.25, -0.2) is 0 Å². The molecule has 2 rings (SSSR count). The largest absolute Gasteiger partial charge is 0.493 e. The lowest BCUT2D eigenvalue weighted by molar-refractivity contribution is -0.137. The van der Waals surface area contributed by atoms with E-state index in [1.54, 1.807) is 13.2 Å². The maximum absolute atomic E-state index is 12.4. The fourth-order valence-electron chi connectivity index (χ4n) is 2.76. The molecule has 0 aromatic heterocycles. The van der Waals surface area contributed by atoms with Crippen LogP contribution >= 0.6 is 12.4 Å². The Balaban J connectivity index is 0.00000242. The van der Waals surface area contributed by atoms with Crippen molar-refractivity contribution in [3.63, 3.8) is 0 Å². The predicted octanol–water partition coefficient (Wildman–Crippen LogP) is 2.08. The van der Waals surface area contributed by atoms with Gasteiger partial charge >= 0.3 is 0 Å². The zero-order valence-electron chi connectivity index (χ0n) is 13.2. The molecule has 22 heavy (non-hydrogen) atoms. The van der Waals surface area contributed by atoms with Crippen LogP contribution in [0.1, 0.15) is 19.8 Å². The minimum atomic E-state index is -0.0109. The van der Waals surface area contributed by atoms with Crippen molar-refractivity contribution >= 4 is 18.3 Å². The summed E-state index contributed by atoms with van der Waals surface area (Å²) in [6.45, 7) is 3.49. The summed E-state index contributed by atoms with van der Waals surface area (Å²) in [4.78, 5) is 14.2. The molecule has 1 aliphatic heterocycles. The number of rotatable bonds is 5. The van der Waals surface area contributed by atoms with E-state index in [2.05, 4.69) is 6.92 Å². The summed E-state index contributed by atoms with van der Waals surface area (Å²) >= 11 is 0. The number of nitrogens with zero attached hydrogens (tertiary/aromatic N) is 1. The van der Waals surface area contributed by atoms with Gasteiger partial charge in [0.15, 0.2) is 18.1 Å². The quantitative estimate of drug-likeness (QED) is 0.898. The van der Waals surface area contributed by atoms with Gasteiger partial charge in [-0.15, -0.1) is 12.4 Å². The molecule has 0 spiro atoms. The number of nitrogens with two attached hydrogens (primary N) is 1. The summed E-state index contributed by atoms with van der Waals surface area (Å²) in [5.74, 6) is 1.83. The Labute approximate surface area is 138 Å². The first-order valence-corrected chi connectivity index (χ1v) is 7.41. The van der Waals surface area contributed by atoms with Crippen LogP contribution in [0.15, 0.2) is 24.3 Å². The summed E-state index contributed by atoms with van der Waals surface area (Å²) in [6, 6.07) is 7.45. The molecule has 5 nitrogen and oxygen atoms in total. The molecular formula is C16H25ClN2O3. The van der Waals surface area contributed by atoms with Crippen LogP contribution in [0.5, 0.6) is 11.5 Å². The highest BCUT2D eigenvalue weighted by Gasteiger charge is 2.29. The van der Waals surface area contributed by atoms with E-state index >= 15 is 0 Å². The smallest absolute Gasteiger partial charge is 0.260 e. The summed E-state index contributed by atoms with van der Waals surface area (Å²) in [6.07, 6.45) is 1.99. The topological polar surface area (TPSA) is 64.8 Å². The van der Waals surface area contributed by atoms with Gasteiger partial charge in [0.25, 0.3) is 5.91 Å². The Morgan fingerprint density at radius 3 is 2.68 bits per heavy atom. The van der Waals surface area contributed by atoms with Crippen LogP contribution in [-0.4, -0.2) is 43.7 Å². The van der Waals surface area contributed by atoms with Gasteiger partial charge in [0.2, 0.25) is 0 Å². The van der Waals surface area contributed by atoms with Gasteiger partial charge in [0.05, 0.1) is 7.11 Å². The standard InChI is InChI=1S/C16H24N2O3.ClH/c1-12-7-8-18(13(9-12)10-17)16(19)11-21-15-6-4-3-5-14(15)20-2;/h3-6,12-13H,7-11,17H2,1-2H3;1H. The lowest BCUT2D eigenvalue weighted by Crippen LogP contribution is -2.50.